The number of ether oxygens (including phenoxy) is 1. The van der Waals surface area contributed by atoms with Gasteiger partial charge in [-0.3, -0.25) is 0 Å². The summed E-state index contributed by atoms with van der Waals surface area (Å²) in [5.74, 6) is 1.60. The summed E-state index contributed by atoms with van der Waals surface area (Å²) >= 11 is 0. The predicted octanol–water partition coefficient (Wildman–Crippen LogP) is 2.58. The van der Waals surface area contributed by atoms with Gasteiger partial charge in [0.1, 0.15) is 5.75 Å². The van der Waals surface area contributed by atoms with Gasteiger partial charge in [0.25, 0.3) is 0 Å². The van der Waals surface area contributed by atoms with Crippen LogP contribution in [0, 0.1) is 0 Å². The predicted molar refractivity (Wildman–Crippen MR) is 80.5 cm³/mol. The Balaban J connectivity index is 1.93. The Kier molecular flexibility index (Phi) is 3.19. The topological polar surface area (TPSA) is 100 Å². The van der Waals surface area contributed by atoms with Crippen molar-refractivity contribution in [2.75, 3.05) is 18.6 Å². The minimum absolute atomic E-state index is 0.396. The molecule has 0 aliphatic carbocycles. The molecule has 0 atom stereocenters. The quantitative estimate of drug-likeness (QED) is 0.716. The Hall–Kier alpha value is -3.02. The van der Waals surface area contributed by atoms with Crippen LogP contribution >= 0.6 is 0 Å². The maximum absolute atomic E-state index is 5.78. The molecular weight excluding hydrogens is 268 g/mol. The maximum Gasteiger partial charge on any atom is 0.248 e. The lowest BCUT2D eigenvalue weighted by molar-refractivity contribution is 0.415. The Labute approximate surface area is 121 Å². The lowest BCUT2D eigenvalue weighted by atomic mass is 10.2. The third kappa shape index (κ3) is 2.51. The highest BCUT2D eigenvalue weighted by Gasteiger charge is 2.11. The van der Waals surface area contributed by atoms with Crippen LogP contribution < -0.4 is 16.2 Å². The number of methoxy groups -OCH3 is 1. The van der Waals surface area contributed by atoms with E-state index in [9.17, 15) is 0 Å². The van der Waals surface area contributed by atoms with Gasteiger partial charge >= 0.3 is 0 Å². The minimum Gasteiger partial charge on any atom is -0.497 e. The molecule has 0 bridgehead atoms. The van der Waals surface area contributed by atoms with E-state index < -0.39 is 0 Å². The molecule has 0 saturated carbocycles. The number of rotatable bonds is 3. The van der Waals surface area contributed by atoms with Crippen LogP contribution in [0.5, 0.6) is 5.75 Å². The van der Waals surface area contributed by atoms with E-state index in [4.69, 9.17) is 20.6 Å². The highest BCUT2D eigenvalue weighted by atomic mass is 16.5. The van der Waals surface area contributed by atoms with E-state index in [0.29, 0.717) is 23.2 Å². The van der Waals surface area contributed by atoms with Crippen LogP contribution in [0.3, 0.4) is 0 Å². The zero-order chi connectivity index (χ0) is 14.8. The van der Waals surface area contributed by atoms with Crippen LogP contribution in [-0.4, -0.2) is 17.3 Å². The van der Waals surface area contributed by atoms with Crippen molar-refractivity contribution in [1.29, 1.82) is 0 Å². The van der Waals surface area contributed by atoms with Gasteiger partial charge in [-0.15, -0.1) is 10.2 Å². The van der Waals surface area contributed by atoms with Crippen LogP contribution in [-0.2, 0) is 0 Å². The van der Waals surface area contributed by atoms with E-state index >= 15 is 0 Å². The first kappa shape index (κ1) is 13.0. The van der Waals surface area contributed by atoms with Crippen molar-refractivity contribution in [3.63, 3.8) is 0 Å². The SMILES string of the molecule is COc1ccc(-c2nnc(-c3ccc(N)c(N)c3)o2)cc1. The molecule has 0 saturated heterocycles. The summed E-state index contributed by atoms with van der Waals surface area (Å²) in [7, 11) is 1.62. The Morgan fingerprint density at radius 1 is 0.857 bits per heavy atom. The molecule has 0 unspecified atom stereocenters. The van der Waals surface area contributed by atoms with Crippen molar-refractivity contribution in [2.45, 2.75) is 0 Å². The van der Waals surface area contributed by atoms with Gasteiger partial charge in [-0.2, -0.15) is 0 Å². The zero-order valence-electron chi connectivity index (χ0n) is 11.4. The highest BCUT2D eigenvalue weighted by molar-refractivity contribution is 5.71. The Bertz CT molecular complexity index is 766. The summed E-state index contributed by atoms with van der Waals surface area (Å²) in [5, 5.41) is 8.07. The smallest absolute Gasteiger partial charge is 0.248 e. The molecule has 6 heteroatoms. The molecule has 1 aromatic heterocycles. The molecule has 4 N–H and O–H groups in total. The second-order valence-corrected chi connectivity index (χ2v) is 4.48. The number of hydrogen-bond acceptors (Lipinski definition) is 6. The zero-order valence-corrected chi connectivity index (χ0v) is 11.4. The van der Waals surface area contributed by atoms with E-state index in [0.717, 1.165) is 16.9 Å². The van der Waals surface area contributed by atoms with Gasteiger partial charge in [0.2, 0.25) is 11.8 Å². The van der Waals surface area contributed by atoms with Crippen LogP contribution in [0.25, 0.3) is 22.9 Å². The van der Waals surface area contributed by atoms with Crippen molar-refractivity contribution in [2.24, 2.45) is 0 Å². The molecule has 0 fully saturated rings. The van der Waals surface area contributed by atoms with Crippen molar-refractivity contribution < 1.29 is 9.15 Å². The molecule has 0 aliphatic heterocycles. The second-order valence-electron chi connectivity index (χ2n) is 4.48. The number of aromatic nitrogens is 2. The summed E-state index contributed by atoms with van der Waals surface area (Å²) < 4.78 is 10.8. The van der Waals surface area contributed by atoms with Crippen molar-refractivity contribution in [3.8, 4) is 28.7 Å². The summed E-state index contributed by atoms with van der Waals surface area (Å²) in [6.07, 6.45) is 0. The number of nitrogens with two attached hydrogens (primary N) is 2. The van der Waals surface area contributed by atoms with E-state index in [1.165, 1.54) is 0 Å². The molecule has 2 aromatic carbocycles. The van der Waals surface area contributed by atoms with Crippen molar-refractivity contribution in [3.05, 3.63) is 42.5 Å². The first-order valence-corrected chi connectivity index (χ1v) is 6.30. The molecule has 1 heterocycles. The third-order valence-corrected chi connectivity index (χ3v) is 3.10. The molecule has 3 aromatic rings. The Morgan fingerprint density at radius 2 is 1.48 bits per heavy atom. The van der Waals surface area contributed by atoms with Gasteiger partial charge in [0, 0.05) is 11.1 Å². The van der Waals surface area contributed by atoms with Crippen LogP contribution in [0.15, 0.2) is 46.9 Å². The first-order chi connectivity index (χ1) is 10.2. The fraction of sp³-hybridized carbons (Fsp3) is 0.0667. The summed E-state index contributed by atoms with van der Waals surface area (Å²) in [5.41, 5.74) is 14.0. The van der Waals surface area contributed by atoms with Gasteiger partial charge < -0.3 is 20.6 Å². The number of hydrogen-bond donors (Lipinski definition) is 2. The second kappa shape index (κ2) is 5.16. The molecular formula is C15H14N4O2. The molecule has 0 radical (unpaired) electrons. The molecule has 6 nitrogen and oxygen atoms in total. The summed E-state index contributed by atoms with van der Waals surface area (Å²) in [6, 6.07) is 12.6. The third-order valence-electron chi connectivity index (χ3n) is 3.10. The van der Waals surface area contributed by atoms with Gasteiger partial charge in [0.15, 0.2) is 0 Å². The molecule has 21 heavy (non-hydrogen) atoms. The van der Waals surface area contributed by atoms with Crippen molar-refractivity contribution >= 4 is 11.4 Å². The average molecular weight is 282 g/mol. The van der Waals surface area contributed by atoms with Crippen LogP contribution in [0.4, 0.5) is 11.4 Å². The highest BCUT2D eigenvalue weighted by Crippen LogP contribution is 2.27. The van der Waals surface area contributed by atoms with E-state index in [1.807, 2.05) is 24.3 Å². The summed E-state index contributed by atoms with van der Waals surface area (Å²) in [6.45, 7) is 0. The lowest BCUT2D eigenvalue weighted by Crippen LogP contribution is -1.94. The normalized spacial score (nSPS) is 10.5. The molecule has 0 aliphatic rings. The monoisotopic (exact) mass is 282 g/mol. The number of nitrogens with zero attached hydrogens (tertiary/aromatic N) is 2. The van der Waals surface area contributed by atoms with Crippen LogP contribution in [0.1, 0.15) is 0 Å². The molecule has 0 amide bonds. The maximum atomic E-state index is 5.78. The van der Waals surface area contributed by atoms with Crippen LogP contribution in [0.2, 0.25) is 0 Å². The average Bonchev–Trinajstić information content (AvgIpc) is 3.00. The van der Waals surface area contributed by atoms with Gasteiger partial charge in [0.05, 0.1) is 18.5 Å². The Morgan fingerprint density at radius 3 is 2.10 bits per heavy atom. The molecule has 0 spiro atoms. The molecule has 3 rings (SSSR count). The standard InChI is InChI=1S/C15H14N4O2/c1-20-11-5-2-9(3-6-11)14-18-19-15(21-14)10-4-7-12(16)13(17)8-10/h2-8H,16-17H2,1H3. The van der Waals surface area contributed by atoms with Gasteiger partial charge in [-0.1, -0.05) is 0 Å². The first-order valence-electron chi connectivity index (χ1n) is 6.30. The van der Waals surface area contributed by atoms with Gasteiger partial charge in [-0.05, 0) is 42.5 Å². The fourth-order valence-electron chi connectivity index (χ4n) is 1.90. The summed E-state index contributed by atoms with van der Waals surface area (Å²) in [4.78, 5) is 0. The fourth-order valence-corrected chi connectivity index (χ4v) is 1.90. The van der Waals surface area contributed by atoms with E-state index in [2.05, 4.69) is 10.2 Å². The van der Waals surface area contributed by atoms with Crippen molar-refractivity contribution in [1.82, 2.24) is 10.2 Å². The van der Waals surface area contributed by atoms with E-state index in [1.54, 1.807) is 25.3 Å². The number of anilines is 2. The minimum atomic E-state index is 0.396. The number of benzene rings is 2. The van der Waals surface area contributed by atoms with E-state index in [-0.39, 0.29) is 0 Å². The lowest BCUT2D eigenvalue weighted by Gasteiger charge is -2.01. The molecule has 106 valence electrons. The van der Waals surface area contributed by atoms with Gasteiger partial charge in [-0.25, -0.2) is 0 Å². The number of nitrogen functional groups attached to an aromatic ring is 2. The largest absolute Gasteiger partial charge is 0.497 e.